The molecule has 1 heterocycles. The SMILES string of the molecule is CC1CCN(C(=O)NN)CC1O. The second kappa shape index (κ2) is 3.73. The Kier molecular flexibility index (Phi) is 2.88. The molecular weight excluding hydrogens is 158 g/mol. The number of piperidine rings is 1. The highest BCUT2D eigenvalue weighted by molar-refractivity contribution is 5.73. The van der Waals surface area contributed by atoms with Crippen molar-refractivity contribution in [2.75, 3.05) is 13.1 Å². The lowest BCUT2D eigenvalue weighted by atomic mass is 9.96. The molecule has 1 fully saturated rings. The van der Waals surface area contributed by atoms with Gasteiger partial charge in [0.15, 0.2) is 0 Å². The molecule has 5 nitrogen and oxygen atoms in total. The van der Waals surface area contributed by atoms with Gasteiger partial charge in [-0.2, -0.15) is 0 Å². The third kappa shape index (κ3) is 1.86. The second-order valence-corrected chi connectivity index (χ2v) is 3.23. The van der Waals surface area contributed by atoms with Crippen LogP contribution < -0.4 is 11.3 Å². The van der Waals surface area contributed by atoms with Gasteiger partial charge in [0.1, 0.15) is 0 Å². The maximum Gasteiger partial charge on any atom is 0.331 e. The topological polar surface area (TPSA) is 78.6 Å². The number of urea groups is 1. The van der Waals surface area contributed by atoms with Crippen LogP contribution in [0.1, 0.15) is 13.3 Å². The zero-order chi connectivity index (χ0) is 9.14. The van der Waals surface area contributed by atoms with E-state index in [1.165, 1.54) is 4.90 Å². The number of rotatable bonds is 0. The number of nitrogens with two attached hydrogens (primary N) is 1. The van der Waals surface area contributed by atoms with Gasteiger partial charge in [-0.25, -0.2) is 10.6 Å². The van der Waals surface area contributed by atoms with Gasteiger partial charge in [-0.1, -0.05) is 6.92 Å². The predicted octanol–water partition coefficient (Wildman–Crippen LogP) is -0.728. The fourth-order valence-corrected chi connectivity index (χ4v) is 1.32. The molecule has 2 unspecified atom stereocenters. The molecule has 1 rings (SSSR count). The minimum Gasteiger partial charge on any atom is -0.391 e. The predicted molar refractivity (Wildman–Crippen MR) is 44.1 cm³/mol. The molecule has 2 amide bonds. The molecular formula is C7H15N3O2. The molecule has 12 heavy (non-hydrogen) atoms. The fourth-order valence-electron chi connectivity index (χ4n) is 1.32. The van der Waals surface area contributed by atoms with E-state index in [2.05, 4.69) is 0 Å². The molecule has 1 aliphatic rings. The Bertz CT molecular complexity index is 174. The standard InChI is InChI=1S/C7H15N3O2/c1-5-2-3-10(4-6(5)11)7(12)9-8/h5-6,11H,2-4,8H2,1H3,(H,9,12). The van der Waals surface area contributed by atoms with E-state index < -0.39 is 6.10 Å². The molecule has 0 bridgehead atoms. The van der Waals surface area contributed by atoms with Gasteiger partial charge in [0, 0.05) is 13.1 Å². The zero-order valence-electron chi connectivity index (χ0n) is 7.16. The average molecular weight is 173 g/mol. The Balaban J connectivity index is 2.45. The lowest BCUT2D eigenvalue weighted by Gasteiger charge is -2.33. The Morgan fingerprint density at radius 3 is 2.92 bits per heavy atom. The number of aliphatic hydroxyl groups is 1. The highest BCUT2D eigenvalue weighted by atomic mass is 16.3. The van der Waals surface area contributed by atoms with Crippen molar-refractivity contribution < 1.29 is 9.90 Å². The van der Waals surface area contributed by atoms with E-state index in [-0.39, 0.29) is 11.9 Å². The van der Waals surface area contributed by atoms with Gasteiger partial charge in [-0.15, -0.1) is 0 Å². The number of hydrogen-bond acceptors (Lipinski definition) is 3. The summed E-state index contributed by atoms with van der Waals surface area (Å²) in [7, 11) is 0. The van der Waals surface area contributed by atoms with Crippen molar-refractivity contribution >= 4 is 6.03 Å². The van der Waals surface area contributed by atoms with Crippen LogP contribution in [-0.2, 0) is 0 Å². The Morgan fingerprint density at radius 1 is 1.75 bits per heavy atom. The van der Waals surface area contributed by atoms with E-state index in [9.17, 15) is 9.90 Å². The first-order valence-electron chi connectivity index (χ1n) is 4.08. The third-order valence-corrected chi connectivity index (χ3v) is 2.33. The Hall–Kier alpha value is -0.810. The molecule has 4 N–H and O–H groups in total. The van der Waals surface area contributed by atoms with Crippen molar-refractivity contribution in [2.45, 2.75) is 19.4 Å². The molecule has 2 atom stereocenters. The number of β-amino-alcohol motifs (C(OH)–C–C–N with tert-alkyl or cyclic N) is 1. The van der Waals surface area contributed by atoms with Crippen molar-refractivity contribution in [3.05, 3.63) is 0 Å². The minimum atomic E-state index is -0.420. The van der Waals surface area contributed by atoms with Crippen molar-refractivity contribution in [2.24, 2.45) is 11.8 Å². The molecule has 0 spiro atoms. The largest absolute Gasteiger partial charge is 0.391 e. The summed E-state index contributed by atoms with van der Waals surface area (Å²) in [6.07, 6.45) is 0.408. The van der Waals surface area contributed by atoms with E-state index in [0.717, 1.165) is 6.42 Å². The van der Waals surface area contributed by atoms with Gasteiger partial charge in [-0.05, 0) is 12.3 Å². The van der Waals surface area contributed by atoms with Gasteiger partial charge in [0.25, 0.3) is 0 Å². The summed E-state index contributed by atoms with van der Waals surface area (Å²) in [4.78, 5) is 12.5. The molecule has 0 radical (unpaired) electrons. The van der Waals surface area contributed by atoms with Gasteiger partial charge in [-0.3, -0.25) is 5.43 Å². The number of amides is 2. The molecule has 0 aliphatic carbocycles. The van der Waals surface area contributed by atoms with Gasteiger partial charge in [0.2, 0.25) is 0 Å². The number of carbonyl (C=O) groups is 1. The monoisotopic (exact) mass is 173 g/mol. The Morgan fingerprint density at radius 2 is 2.42 bits per heavy atom. The average Bonchev–Trinajstić information content (AvgIpc) is 2.08. The number of nitrogens with zero attached hydrogens (tertiary/aromatic N) is 1. The quantitative estimate of drug-likeness (QED) is 0.257. The van der Waals surface area contributed by atoms with Crippen LogP contribution in [0.5, 0.6) is 0 Å². The lowest BCUT2D eigenvalue weighted by Crippen LogP contribution is -2.51. The molecule has 0 aromatic rings. The molecule has 70 valence electrons. The third-order valence-electron chi connectivity index (χ3n) is 2.33. The normalized spacial score (nSPS) is 30.1. The number of carbonyl (C=O) groups excluding carboxylic acids is 1. The van der Waals surface area contributed by atoms with Crippen LogP contribution in [0.3, 0.4) is 0 Å². The van der Waals surface area contributed by atoms with Gasteiger partial charge in [0.05, 0.1) is 6.10 Å². The molecule has 0 saturated carbocycles. The lowest BCUT2D eigenvalue weighted by molar-refractivity contribution is 0.0436. The van der Waals surface area contributed by atoms with E-state index in [1.54, 1.807) is 0 Å². The summed E-state index contributed by atoms with van der Waals surface area (Å²) in [5.74, 6) is 5.23. The first kappa shape index (κ1) is 9.28. The van der Waals surface area contributed by atoms with E-state index in [1.807, 2.05) is 12.3 Å². The number of aliphatic hydroxyl groups excluding tert-OH is 1. The highest BCUT2D eigenvalue weighted by Crippen LogP contribution is 2.16. The van der Waals surface area contributed by atoms with Crippen LogP contribution in [-0.4, -0.2) is 35.2 Å². The molecule has 1 saturated heterocycles. The number of hydrogen-bond donors (Lipinski definition) is 3. The van der Waals surface area contributed by atoms with Crippen molar-refractivity contribution in [1.82, 2.24) is 10.3 Å². The summed E-state index contributed by atoms with van der Waals surface area (Å²) >= 11 is 0. The maximum atomic E-state index is 11.0. The van der Waals surface area contributed by atoms with Crippen LogP contribution in [0.4, 0.5) is 4.79 Å². The van der Waals surface area contributed by atoms with Crippen molar-refractivity contribution in [3.8, 4) is 0 Å². The molecule has 0 aromatic carbocycles. The summed E-state index contributed by atoms with van der Waals surface area (Å²) in [6, 6.07) is -0.319. The van der Waals surface area contributed by atoms with Crippen molar-refractivity contribution in [1.29, 1.82) is 0 Å². The molecule has 5 heteroatoms. The van der Waals surface area contributed by atoms with Gasteiger partial charge >= 0.3 is 6.03 Å². The highest BCUT2D eigenvalue weighted by Gasteiger charge is 2.26. The summed E-state index contributed by atoms with van der Waals surface area (Å²) in [6.45, 7) is 3.02. The summed E-state index contributed by atoms with van der Waals surface area (Å²) in [5.41, 5.74) is 2.05. The van der Waals surface area contributed by atoms with Crippen LogP contribution >= 0.6 is 0 Å². The Labute approximate surface area is 71.5 Å². The van der Waals surface area contributed by atoms with Crippen molar-refractivity contribution in [3.63, 3.8) is 0 Å². The first-order chi connectivity index (χ1) is 5.65. The van der Waals surface area contributed by atoms with Crippen LogP contribution in [0.15, 0.2) is 0 Å². The van der Waals surface area contributed by atoms with E-state index in [4.69, 9.17) is 5.84 Å². The molecule has 1 aliphatic heterocycles. The second-order valence-electron chi connectivity index (χ2n) is 3.23. The smallest absolute Gasteiger partial charge is 0.331 e. The number of likely N-dealkylation sites (tertiary alicyclic amines) is 1. The molecule has 0 aromatic heterocycles. The van der Waals surface area contributed by atoms with Gasteiger partial charge < -0.3 is 10.0 Å². The maximum absolute atomic E-state index is 11.0. The number of nitrogens with one attached hydrogen (secondary N) is 1. The van der Waals surface area contributed by atoms with E-state index in [0.29, 0.717) is 13.1 Å². The van der Waals surface area contributed by atoms with Crippen LogP contribution in [0.25, 0.3) is 0 Å². The van der Waals surface area contributed by atoms with E-state index >= 15 is 0 Å². The first-order valence-corrected chi connectivity index (χ1v) is 4.08. The number of hydrazine groups is 1. The summed E-state index contributed by atoms with van der Waals surface area (Å²) in [5, 5.41) is 9.43. The zero-order valence-corrected chi connectivity index (χ0v) is 7.16. The van der Waals surface area contributed by atoms with Crippen LogP contribution in [0.2, 0.25) is 0 Å². The summed E-state index contributed by atoms with van der Waals surface area (Å²) < 4.78 is 0. The fraction of sp³-hybridized carbons (Fsp3) is 0.857. The van der Waals surface area contributed by atoms with Crippen LogP contribution in [0, 0.1) is 5.92 Å². The minimum absolute atomic E-state index is 0.270.